The number of hydrogen-bond donors (Lipinski definition) is 1. The minimum Gasteiger partial charge on any atom is -0.373 e. The SMILES string of the molecule is CNc1cc(C(F)(F)F)cc(N2CCC3CCCCC32)n1. The van der Waals surface area contributed by atoms with E-state index in [1.54, 1.807) is 7.05 Å². The fourth-order valence-corrected chi connectivity index (χ4v) is 3.65. The first-order valence-electron chi connectivity index (χ1n) is 7.52. The van der Waals surface area contributed by atoms with Gasteiger partial charge in [-0.25, -0.2) is 4.98 Å². The summed E-state index contributed by atoms with van der Waals surface area (Å²) in [7, 11) is 1.60. The third kappa shape index (κ3) is 2.80. The van der Waals surface area contributed by atoms with Crippen LogP contribution in [-0.2, 0) is 6.18 Å². The molecule has 0 radical (unpaired) electrons. The molecular weight excluding hydrogens is 279 g/mol. The smallest absolute Gasteiger partial charge is 0.373 e. The van der Waals surface area contributed by atoms with Crippen LogP contribution in [0, 0.1) is 5.92 Å². The van der Waals surface area contributed by atoms with Crippen molar-refractivity contribution in [2.24, 2.45) is 5.92 Å². The van der Waals surface area contributed by atoms with Crippen LogP contribution in [0.3, 0.4) is 0 Å². The first-order chi connectivity index (χ1) is 9.99. The number of hydrogen-bond acceptors (Lipinski definition) is 3. The summed E-state index contributed by atoms with van der Waals surface area (Å²) in [5, 5.41) is 2.74. The van der Waals surface area contributed by atoms with Crippen molar-refractivity contribution < 1.29 is 13.2 Å². The molecule has 0 bridgehead atoms. The van der Waals surface area contributed by atoms with Crippen LogP contribution in [-0.4, -0.2) is 24.6 Å². The number of nitrogens with zero attached hydrogens (tertiary/aromatic N) is 2. The second kappa shape index (κ2) is 5.39. The highest BCUT2D eigenvalue weighted by molar-refractivity contribution is 5.52. The molecule has 1 aliphatic heterocycles. The topological polar surface area (TPSA) is 28.2 Å². The molecule has 21 heavy (non-hydrogen) atoms. The average Bonchev–Trinajstić information content (AvgIpc) is 2.89. The zero-order valence-electron chi connectivity index (χ0n) is 12.1. The van der Waals surface area contributed by atoms with Crippen molar-refractivity contribution in [3.05, 3.63) is 17.7 Å². The number of fused-ring (bicyclic) bond motifs is 1. The van der Waals surface area contributed by atoms with Gasteiger partial charge in [0.1, 0.15) is 11.6 Å². The Kier molecular flexibility index (Phi) is 3.71. The Bertz CT molecular complexity index is 515. The molecule has 0 spiro atoms. The van der Waals surface area contributed by atoms with Crippen molar-refractivity contribution in [2.45, 2.75) is 44.3 Å². The van der Waals surface area contributed by atoms with Gasteiger partial charge in [-0.05, 0) is 37.3 Å². The molecule has 6 heteroatoms. The fraction of sp³-hybridized carbons (Fsp3) is 0.667. The summed E-state index contributed by atoms with van der Waals surface area (Å²) >= 11 is 0. The zero-order valence-corrected chi connectivity index (χ0v) is 12.1. The van der Waals surface area contributed by atoms with Gasteiger partial charge in [-0.3, -0.25) is 0 Å². The Balaban J connectivity index is 1.94. The van der Waals surface area contributed by atoms with E-state index >= 15 is 0 Å². The summed E-state index contributed by atoms with van der Waals surface area (Å²) in [4.78, 5) is 6.44. The largest absolute Gasteiger partial charge is 0.416 e. The Morgan fingerprint density at radius 1 is 1.19 bits per heavy atom. The molecule has 0 amide bonds. The molecular formula is C15H20F3N3. The number of nitrogens with one attached hydrogen (secondary N) is 1. The Morgan fingerprint density at radius 2 is 1.95 bits per heavy atom. The van der Waals surface area contributed by atoms with E-state index in [2.05, 4.69) is 15.2 Å². The van der Waals surface area contributed by atoms with E-state index in [9.17, 15) is 13.2 Å². The van der Waals surface area contributed by atoms with Gasteiger partial charge in [0.25, 0.3) is 0 Å². The quantitative estimate of drug-likeness (QED) is 0.897. The standard InChI is InChI=1S/C15H20F3N3/c1-19-13-8-11(15(16,17)18)9-14(20-13)21-7-6-10-4-2-3-5-12(10)21/h8-10,12H,2-7H2,1H3,(H,19,20). The first-order valence-corrected chi connectivity index (χ1v) is 7.52. The molecule has 1 saturated carbocycles. The summed E-state index contributed by atoms with van der Waals surface area (Å²) in [6, 6.07) is 2.62. The lowest BCUT2D eigenvalue weighted by Gasteiger charge is -2.32. The molecule has 3 rings (SSSR count). The van der Waals surface area contributed by atoms with Crippen LogP contribution in [0.4, 0.5) is 24.8 Å². The Morgan fingerprint density at radius 3 is 2.67 bits per heavy atom. The molecule has 116 valence electrons. The van der Waals surface area contributed by atoms with E-state index in [-0.39, 0.29) is 5.82 Å². The third-order valence-corrected chi connectivity index (χ3v) is 4.70. The van der Waals surface area contributed by atoms with Crippen molar-refractivity contribution in [1.82, 2.24) is 4.98 Å². The maximum absolute atomic E-state index is 13.0. The van der Waals surface area contributed by atoms with Gasteiger partial charge in [0.05, 0.1) is 5.56 Å². The summed E-state index contributed by atoms with van der Waals surface area (Å²) in [6.07, 6.45) is 1.39. The van der Waals surface area contributed by atoms with Gasteiger partial charge < -0.3 is 10.2 Å². The lowest BCUT2D eigenvalue weighted by molar-refractivity contribution is -0.137. The maximum Gasteiger partial charge on any atom is 0.416 e. The van der Waals surface area contributed by atoms with E-state index in [1.807, 2.05) is 0 Å². The summed E-state index contributed by atoms with van der Waals surface area (Å²) in [6.45, 7) is 0.812. The molecule has 2 aliphatic rings. The van der Waals surface area contributed by atoms with Crippen molar-refractivity contribution >= 4 is 11.6 Å². The average molecular weight is 299 g/mol. The van der Waals surface area contributed by atoms with Gasteiger partial charge in [0.15, 0.2) is 0 Å². The third-order valence-electron chi connectivity index (χ3n) is 4.70. The minimum atomic E-state index is -4.34. The predicted molar refractivity (Wildman–Crippen MR) is 76.5 cm³/mol. The fourth-order valence-electron chi connectivity index (χ4n) is 3.65. The molecule has 1 saturated heterocycles. The highest BCUT2D eigenvalue weighted by Gasteiger charge is 2.38. The highest BCUT2D eigenvalue weighted by Crippen LogP contribution is 2.40. The number of anilines is 2. The summed E-state index contributed by atoms with van der Waals surface area (Å²) < 4.78 is 39.1. The van der Waals surface area contributed by atoms with Crippen molar-refractivity contribution in [3.8, 4) is 0 Å². The minimum absolute atomic E-state index is 0.277. The number of aromatic nitrogens is 1. The van der Waals surface area contributed by atoms with Crippen LogP contribution >= 0.6 is 0 Å². The van der Waals surface area contributed by atoms with Crippen molar-refractivity contribution in [2.75, 3.05) is 23.8 Å². The lowest BCUT2D eigenvalue weighted by atomic mass is 9.85. The molecule has 2 fully saturated rings. The van der Waals surface area contributed by atoms with E-state index < -0.39 is 11.7 Å². The zero-order chi connectivity index (χ0) is 15.0. The second-order valence-electron chi connectivity index (χ2n) is 5.94. The lowest BCUT2D eigenvalue weighted by Crippen LogP contribution is -2.35. The molecule has 1 N–H and O–H groups in total. The molecule has 2 heterocycles. The normalized spacial score (nSPS) is 25.8. The molecule has 1 aliphatic carbocycles. The first kappa shape index (κ1) is 14.5. The van der Waals surface area contributed by atoms with E-state index in [0.29, 0.717) is 17.8 Å². The predicted octanol–water partition coefficient (Wildman–Crippen LogP) is 3.91. The van der Waals surface area contributed by atoms with Gasteiger partial charge in [-0.2, -0.15) is 13.2 Å². The van der Waals surface area contributed by atoms with Crippen LogP contribution < -0.4 is 10.2 Å². The van der Waals surface area contributed by atoms with Crippen LogP contribution in [0.15, 0.2) is 12.1 Å². The van der Waals surface area contributed by atoms with Crippen molar-refractivity contribution in [3.63, 3.8) is 0 Å². The summed E-state index contributed by atoms with van der Waals surface area (Å²) in [5.41, 5.74) is -0.629. The highest BCUT2D eigenvalue weighted by atomic mass is 19.4. The van der Waals surface area contributed by atoms with Gasteiger partial charge in [0, 0.05) is 19.6 Å². The molecule has 0 aromatic carbocycles. The van der Waals surface area contributed by atoms with Crippen LogP contribution in [0.25, 0.3) is 0 Å². The number of halogens is 3. The molecule has 1 aromatic heterocycles. The van der Waals surface area contributed by atoms with Gasteiger partial charge in [0.2, 0.25) is 0 Å². The van der Waals surface area contributed by atoms with Gasteiger partial charge >= 0.3 is 6.18 Å². The molecule has 2 unspecified atom stereocenters. The maximum atomic E-state index is 13.0. The number of rotatable bonds is 2. The van der Waals surface area contributed by atoms with Crippen LogP contribution in [0.5, 0.6) is 0 Å². The van der Waals surface area contributed by atoms with Gasteiger partial charge in [-0.15, -0.1) is 0 Å². The monoisotopic (exact) mass is 299 g/mol. The Hall–Kier alpha value is -1.46. The van der Waals surface area contributed by atoms with E-state index in [4.69, 9.17) is 0 Å². The molecule has 1 aromatic rings. The number of pyridine rings is 1. The second-order valence-corrected chi connectivity index (χ2v) is 5.94. The van der Waals surface area contributed by atoms with Crippen molar-refractivity contribution in [1.29, 1.82) is 0 Å². The van der Waals surface area contributed by atoms with Crippen LogP contribution in [0.2, 0.25) is 0 Å². The van der Waals surface area contributed by atoms with Crippen LogP contribution in [0.1, 0.15) is 37.7 Å². The molecule has 2 atom stereocenters. The van der Waals surface area contributed by atoms with E-state index in [0.717, 1.165) is 31.9 Å². The Labute approximate surface area is 122 Å². The van der Waals surface area contributed by atoms with E-state index in [1.165, 1.54) is 18.9 Å². The molecule has 3 nitrogen and oxygen atoms in total. The van der Waals surface area contributed by atoms with Gasteiger partial charge in [-0.1, -0.05) is 12.8 Å². The summed E-state index contributed by atoms with van der Waals surface area (Å²) in [5.74, 6) is 1.36. The number of alkyl halides is 3.